The minimum absolute atomic E-state index is 0.0334. The second-order valence-corrected chi connectivity index (χ2v) is 5.69. The lowest BCUT2D eigenvalue weighted by molar-refractivity contribution is 0.104. The number of hydrogen-bond acceptors (Lipinski definition) is 2. The molecule has 0 aliphatic heterocycles. The number of carbonyl (C=O) groups is 1. The quantitative estimate of drug-likeness (QED) is 0.500. The van der Waals surface area contributed by atoms with Crippen molar-refractivity contribution >= 4 is 33.8 Å². The maximum absolute atomic E-state index is 12.4. The fourth-order valence-corrected chi connectivity index (χ4v) is 2.68. The molecule has 0 aliphatic rings. The molecule has 0 fully saturated rings. The van der Waals surface area contributed by atoms with Gasteiger partial charge >= 0.3 is 0 Å². The van der Waals surface area contributed by atoms with Crippen molar-refractivity contribution < 1.29 is 4.79 Å². The number of ketones is 1. The molecular weight excluding hydrogens is 306 g/mol. The van der Waals surface area contributed by atoms with Crippen LogP contribution in [0.3, 0.4) is 0 Å². The van der Waals surface area contributed by atoms with Crippen LogP contribution in [-0.4, -0.2) is 5.78 Å². The lowest BCUT2D eigenvalue weighted by atomic mass is 10.0. The van der Waals surface area contributed by atoms with Crippen molar-refractivity contribution in [2.75, 3.05) is 5.32 Å². The van der Waals surface area contributed by atoms with E-state index in [1.165, 1.54) is 0 Å². The minimum Gasteiger partial charge on any atom is -0.361 e. The van der Waals surface area contributed by atoms with E-state index in [0.29, 0.717) is 10.6 Å². The van der Waals surface area contributed by atoms with E-state index in [0.717, 1.165) is 22.0 Å². The molecule has 0 spiro atoms. The molecule has 0 aliphatic carbocycles. The number of anilines is 1. The first-order valence-corrected chi connectivity index (χ1v) is 7.75. The van der Waals surface area contributed by atoms with E-state index in [2.05, 4.69) is 5.32 Å². The Morgan fingerprint density at radius 1 is 1.00 bits per heavy atom. The summed E-state index contributed by atoms with van der Waals surface area (Å²) in [5, 5.41) is 5.84. The third-order valence-corrected chi connectivity index (χ3v) is 4.21. The third-order valence-electron chi connectivity index (χ3n) is 3.80. The molecule has 1 N–H and O–H groups in total. The van der Waals surface area contributed by atoms with Gasteiger partial charge in [-0.3, -0.25) is 4.79 Å². The predicted molar refractivity (Wildman–Crippen MR) is 97.2 cm³/mol. The van der Waals surface area contributed by atoms with E-state index in [1.54, 1.807) is 12.3 Å². The topological polar surface area (TPSA) is 29.1 Å². The van der Waals surface area contributed by atoms with Crippen LogP contribution in [0.5, 0.6) is 0 Å². The molecule has 0 radical (unpaired) electrons. The monoisotopic (exact) mass is 321 g/mol. The first-order valence-electron chi connectivity index (χ1n) is 7.37. The first-order chi connectivity index (χ1) is 11.2. The Morgan fingerprint density at radius 2 is 1.74 bits per heavy atom. The highest BCUT2D eigenvalue weighted by Crippen LogP contribution is 2.23. The van der Waals surface area contributed by atoms with Crippen molar-refractivity contribution in [1.29, 1.82) is 0 Å². The summed E-state index contributed by atoms with van der Waals surface area (Å²) in [6.07, 6.45) is 3.20. The molecule has 3 rings (SSSR count). The summed E-state index contributed by atoms with van der Waals surface area (Å²) in [5.41, 5.74) is 2.54. The summed E-state index contributed by atoms with van der Waals surface area (Å²) in [6, 6.07) is 19.3. The van der Waals surface area contributed by atoms with Gasteiger partial charge in [-0.05, 0) is 35.4 Å². The largest absolute Gasteiger partial charge is 0.361 e. The summed E-state index contributed by atoms with van der Waals surface area (Å²) in [4.78, 5) is 12.4. The number of benzene rings is 3. The normalized spacial score (nSPS) is 11.0. The first kappa shape index (κ1) is 15.3. The Balaban J connectivity index is 1.82. The number of hydrogen-bond donors (Lipinski definition) is 1. The van der Waals surface area contributed by atoms with Crippen molar-refractivity contribution in [2.45, 2.75) is 6.92 Å². The standard InChI is InChI=1S/C20H16ClNO/c1-14-18(21)10-5-11-19(14)22-13-12-20(23)17-9-4-7-15-6-2-3-8-16(15)17/h2-13,22H,1H3/b13-12+. The Kier molecular flexibility index (Phi) is 4.45. The molecule has 0 amide bonds. The van der Waals surface area contributed by atoms with Gasteiger partial charge in [0.15, 0.2) is 5.78 Å². The van der Waals surface area contributed by atoms with Crippen molar-refractivity contribution in [3.8, 4) is 0 Å². The number of carbonyl (C=O) groups excluding carboxylic acids is 1. The number of rotatable bonds is 4. The Morgan fingerprint density at radius 3 is 2.61 bits per heavy atom. The van der Waals surface area contributed by atoms with E-state index in [-0.39, 0.29) is 5.78 Å². The van der Waals surface area contributed by atoms with Crippen LogP contribution >= 0.6 is 11.6 Å². The van der Waals surface area contributed by atoms with Gasteiger partial charge in [0.25, 0.3) is 0 Å². The van der Waals surface area contributed by atoms with Crippen LogP contribution in [-0.2, 0) is 0 Å². The van der Waals surface area contributed by atoms with E-state index in [9.17, 15) is 4.79 Å². The zero-order chi connectivity index (χ0) is 16.2. The molecule has 3 aromatic carbocycles. The Hall–Kier alpha value is -2.58. The van der Waals surface area contributed by atoms with Crippen molar-refractivity contribution in [1.82, 2.24) is 0 Å². The van der Waals surface area contributed by atoms with Crippen molar-refractivity contribution in [3.63, 3.8) is 0 Å². The molecule has 0 saturated carbocycles. The van der Waals surface area contributed by atoms with Crippen LogP contribution in [0.15, 0.2) is 72.9 Å². The highest BCUT2D eigenvalue weighted by atomic mass is 35.5. The molecule has 2 nitrogen and oxygen atoms in total. The van der Waals surface area contributed by atoms with Gasteiger partial charge in [-0.25, -0.2) is 0 Å². The van der Waals surface area contributed by atoms with Gasteiger partial charge in [-0.15, -0.1) is 0 Å². The van der Waals surface area contributed by atoms with Gasteiger partial charge < -0.3 is 5.32 Å². The zero-order valence-corrected chi connectivity index (χ0v) is 13.5. The maximum atomic E-state index is 12.4. The minimum atomic E-state index is -0.0334. The molecular formula is C20H16ClNO. The summed E-state index contributed by atoms with van der Waals surface area (Å²) in [6.45, 7) is 1.94. The summed E-state index contributed by atoms with van der Waals surface area (Å²) < 4.78 is 0. The fraction of sp³-hybridized carbons (Fsp3) is 0.0500. The van der Waals surface area contributed by atoms with Gasteiger partial charge in [-0.1, -0.05) is 60.1 Å². The van der Waals surface area contributed by atoms with Crippen molar-refractivity contribution in [3.05, 3.63) is 89.1 Å². The molecule has 0 bridgehead atoms. The number of fused-ring (bicyclic) bond motifs is 1. The Bertz CT molecular complexity index is 894. The van der Waals surface area contributed by atoms with Gasteiger partial charge in [0.2, 0.25) is 0 Å². The Labute approximate surface area is 140 Å². The second kappa shape index (κ2) is 6.67. The van der Waals surface area contributed by atoms with E-state index in [4.69, 9.17) is 11.6 Å². The van der Waals surface area contributed by atoms with Crippen LogP contribution in [0.4, 0.5) is 5.69 Å². The van der Waals surface area contributed by atoms with Gasteiger partial charge in [0.05, 0.1) is 0 Å². The highest BCUT2D eigenvalue weighted by molar-refractivity contribution is 6.31. The molecule has 0 saturated heterocycles. The molecule has 23 heavy (non-hydrogen) atoms. The SMILES string of the molecule is Cc1c(Cl)cccc1N/C=C/C(=O)c1cccc2ccccc12. The molecule has 3 aromatic rings. The zero-order valence-electron chi connectivity index (χ0n) is 12.7. The lowest BCUT2D eigenvalue weighted by Gasteiger charge is -2.06. The van der Waals surface area contributed by atoms with Gasteiger partial charge in [-0.2, -0.15) is 0 Å². The summed E-state index contributed by atoms with van der Waals surface area (Å²) in [5.74, 6) is -0.0334. The smallest absolute Gasteiger partial charge is 0.187 e. The molecule has 0 aromatic heterocycles. The molecule has 114 valence electrons. The van der Waals surface area contributed by atoms with Crippen LogP contribution < -0.4 is 5.32 Å². The van der Waals surface area contributed by atoms with Gasteiger partial charge in [0, 0.05) is 28.5 Å². The van der Waals surface area contributed by atoms with E-state index < -0.39 is 0 Å². The second-order valence-electron chi connectivity index (χ2n) is 5.28. The number of nitrogens with one attached hydrogen (secondary N) is 1. The van der Waals surface area contributed by atoms with Crippen molar-refractivity contribution in [2.24, 2.45) is 0 Å². The number of halogens is 1. The molecule has 0 unspecified atom stereocenters. The highest BCUT2D eigenvalue weighted by Gasteiger charge is 2.06. The third kappa shape index (κ3) is 3.27. The van der Waals surface area contributed by atoms with E-state index in [1.807, 2.05) is 67.6 Å². The summed E-state index contributed by atoms with van der Waals surface area (Å²) >= 11 is 6.09. The average molecular weight is 322 g/mol. The van der Waals surface area contributed by atoms with Crippen LogP contribution in [0, 0.1) is 6.92 Å². The van der Waals surface area contributed by atoms with Crippen LogP contribution in [0.2, 0.25) is 5.02 Å². The molecule has 0 atom stereocenters. The van der Waals surface area contributed by atoms with Crippen LogP contribution in [0.1, 0.15) is 15.9 Å². The number of allylic oxidation sites excluding steroid dienone is 1. The lowest BCUT2D eigenvalue weighted by Crippen LogP contribution is -1.98. The average Bonchev–Trinajstić information content (AvgIpc) is 2.58. The van der Waals surface area contributed by atoms with Gasteiger partial charge in [0.1, 0.15) is 0 Å². The summed E-state index contributed by atoms with van der Waals surface area (Å²) in [7, 11) is 0. The fourth-order valence-electron chi connectivity index (χ4n) is 2.50. The molecule has 0 heterocycles. The molecule has 3 heteroatoms. The van der Waals surface area contributed by atoms with Crippen LogP contribution in [0.25, 0.3) is 10.8 Å². The predicted octanol–water partition coefficient (Wildman–Crippen LogP) is 5.61. The van der Waals surface area contributed by atoms with E-state index >= 15 is 0 Å². The maximum Gasteiger partial charge on any atom is 0.187 e.